The lowest BCUT2D eigenvalue weighted by molar-refractivity contribution is 0.414. The molecule has 166 valence electrons. The first kappa shape index (κ1) is 21.2. The molecule has 0 amide bonds. The zero-order valence-corrected chi connectivity index (χ0v) is 19.7. The fraction of sp³-hybridized carbons (Fsp3) is 0.185. The smallest absolute Gasteiger partial charge is 0.174 e. The number of rotatable bonds is 5. The van der Waals surface area contributed by atoms with E-state index in [1.807, 2.05) is 30.5 Å². The van der Waals surface area contributed by atoms with Crippen molar-refractivity contribution in [3.63, 3.8) is 0 Å². The lowest BCUT2D eigenvalue weighted by atomic mass is 10.0. The van der Waals surface area contributed by atoms with E-state index in [2.05, 4.69) is 88.2 Å². The Hall–Kier alpha value is -3.64. The van der Waals surface area contributed by atoms with E-state index in [0.29, 0.717) is 5.11 Å². The molecule has 33 heavy (non-hydrogen) atoms. The van der Waals surface area contributed by atoms with Crippen molar-refractivity contribution >= 4 is 23.0 Å². The number of thiocarbonyl (C=S) groups is 1. The van der Waals surface area contributed by atoms with E-state index >= 15 is 0 Å². The number of ether oxygens (including phenoxy) is 1. The molecule has 0 aliphatic carbocycles. The summed E-state index contributed by atoms with van der Waals surface area (Å²) in [6, 6.07) is 26.8. The monoisotopic (exact) mass is 454 g/mol. The zero-order valence-electron chi connectivity index (χ0n) is 18.9. The highest BCUT2D eigenvalue weighted by atomic mass is 32.1. The number of pyridine rings is 1. The molecule has 3 heterocycles. The first-order chi connectivity index (χ1) is 16.1. The molecule has 1 fully saturated rings. The summed E-state index contributed by atoms with van der Waals surface area (Å²) in [5.74, 6) is 0.835. The second-order valence-corrected chi connectivity index (χ2v) is 8.65. The Morgan fingerprint density at radius 1 is 0.879 bits per heavy atom. The van der Waals surface area contributed by atoms with E-state index in [1.54, 1.807) is 7.11 Å². The number of benzene rings is 2. The van der Waals surface area contributed by atoms with Gasteiger partial charge in [0.05, 0.1) is 18.8 Å². The maximum Gasteiger partial charge on any atom is 0.174 e. The number of aromatic nitrogens is 2. The molecule has 1 N–H and O–H groups in total. The molecule has 0 radical (unpaired) electrons. The van der Waals surface area contributed by atoms with Crippen LogP contribution in [-0.2, 0) is 0 Å². The molecule has 1 aliphatic heterocycles. The van der Waals surface area contributed by atoms with Crippen LogP contribution in [0.15, 0.2) is 85.1 Å². The molecule has 2 atom stereocenters. The largest absolute Gasteiger partial charge is 0.497 e. The van der Waals surface area contributed by atoms with Gasteiger partial charge in [-0.05, 0) is 86.7 Å². The number of nitrogens with zero attached hydrogens (tertiary/aromatic N) is 3. The Labute approximate surface area is 199 Å². The minimum atomic E-state index is -0.0914. The quantitative estimate of drug-likeness (QED) is 0.393. The van der Waals surface area contributed by atoms with Gasteiger partial charge >= 0.3 is 0 Å². The summed E-state index contributed by atoms with van der Waals surface area (Å²) in [6.45, 7) is 4.22. The summed E-state index contributed by atoms with van der Waals surface area (Å²) >= 11 is 5.87. The van der Waals surface area contributed by atoms with Crippen LogP contribution >= 0.6 is 12.2 Å². The average Bonchev–Trinajstić information content (AvgIpc) is 3.39. The van der Waals surface area contributed by atoms with Crippen molar-refractivity contribution in [2.45, 2.75) is 25.9 Å². The molecule has 4 aromatic rings. The highest BCUT2D eigenvalue weighted by Gasteiger charge is 2.42. The average molecular weight is 455 g/mol. The first-order valence-corrected chi connectivity index (χ1v) is 11.4. The molecule has 0 saturated carbocycles. The molecule has 0 bridgehead atoms. The molecular weight excluding hydrogens is 428 g/mol. The van der Waals surface area contributed by atoms with Gasteiger partial charge in [0, 0.05) is 29.0 Å². The van der Waals surface area contributed by atoms with E-state index in [1.165, 1.54) is 5.56 Å². The molecule has 2 aromatic heterocycles. The third kappa shape index (κ3) is 3.87. The van der Waals surface area contributed by atoms with Crippen LogP contribution in [0.5, 0.6) is 5.75 Å². The number of methoxy groups -OCH3 is 1. The minimum absolute atomic E-state index is 0.0779. The SMILES string of the molecule is COc1ccc(-n2c(C)ccc2[C@H]2[C@H](c3ccccn3)NC(=S)N2c2ccc(C)cc2)cc1. The van der Waals surface area contributed by atoms with Gasteiger partial charge in [0.2, 0.25) is 0 Å². The minimum Gasteiger partial charge on any atom is -0.497 e. The van der Waals surface area contributed by atoms with Crippen LogP contribution in [-0.4, -0.2) is 21.8 Å². The number of hydrogen-bond acceptors (Lipinski definition) is 3. The molecule has 5 nitrogen and oxygen atoms in total. The summed E-state index contributed by atoms with van der Waals surface area (Å²) in [5, 5.41) is 4.24. The van der Waals surface area contributed by atoms with E-state index in [0.717, 1.165) is 34.2 Å². The second-order valence-electron chi connectivity index (χ2n) is 8.27. The van der Waals surface area contributed by atoms with Crippen LogP contribution in [0, 0.1) is 13.8 Å². The topological polar surface area (TPSA) is 42.3 Å². The highest BCUT2D eigenvalue weighted by Crippen LogP contribution is 2.42. The van der Waals surface area contributed by atoms with Gasteiger partial charge in [-0.15, -0.1) is 0 Å². The summed E-state index contributed by atoms with van der Waals surface area (Å²) in [4.78, 5) is 6.88. The highest BCUT2D eigenvalue weighted by molar-refractivity contribution is 7.80. The normalized spacial score (nSPS) is 17.8. The Kier molecular flexibility index (Phi) is 5.60. The Morgan fingerprint density at radius 3 is 2.27 bits per heavy atom. The van der Waals surface area contributed by atoms with E-state index < -0.39 is 0 Å². The van der Waals surface area contributed by atoms with Crippen molar-refractivity contribution in [2.24, 2.45) is 0 Å². The maximum atomic E-state index is 5.87. The Morgan fingerprint density at radius 2 is 1.61 bits per heavy atom. The van der Waals surface area contributed by atoms with Crippen LogP contribution in [0.1, 0.15) is 34.7 Å². The first-order valence-electron chi connectivity index (χ1n) is 11.0. The molecule has 1 aliphatic rings. The predicted octanol–water partition coefficient (Wildman–Crippen LogP) is 5.67. The van der Waals surface area contributed by atoms with Gasteiger partial charge in [0.1, 0.15) is 11.8 Å². The van der Waals surface area contributed by atoms with Crippen molar-refractivity contribution in [1.29, 1.82) is 0 Å². The molecule has 0 spiro atoms. The summed E-state index contributed by atoms with van der Waals surface area (Å²) in [6.07, 6.45) is 1.83. The van der Waals surface area contributed by atoms with Crippen molar-refractivity contribution in [1.82, 2.24) is 14.9 Å². The number of nitrogens with one attached hydrogen (secondary N) is 1. The van der Waals surface area contributed by atoms with Gasteiger partial charge in [0.15, 0.2) is 5.11 Å². The van der Waals surface area contributed by atoms with Gasteiger partial charge in [-0.2, -0.15) is 0 Å². The van der Waals surface area contributed by atoms with Gasteiger partial charge in [0.25, 0.3) is 0 Å². The molecule has 0 unspecified atom stereocenters. The number of anilines is 1. The molecule has 1 saturated heterocycles. The van der Waals surface area contributed by atoms with Crippen molar-refractivity contribution in [2.75, 3.05) is 12.0 Å². The van der Waals surface area contributed by atoms with E-state index in [9.17, 15) is 0 Å². The predicted molar refractivity (Wildman–Crippen MR) is 136 cm³/mol. The molecule has 6 heteroatoms. The molecular formula is C27H26N4OS. The summed E-state index contributed by atoms with van der Waals surface area (Å²) in [7, 11) is 1.68. The third-order valence-electron chi connectivity index (χ3n) is 6.15. The van der Waals surface area contributed by atoms with Crippen LogP contribution in [0.2, 0.25) is 0 Å². The lowest BCUT2D eigenvalue weighted by Crippen LogP contribution is -2.30. The van der Waals surface area contributed by atoms with E-state index in [4.69, 9.17) is 17.0 Å². The number of aryl methyl sites for hydroxylation is 2. The van der Waals surface area contributed by atoms with Crippen molar-refractivity contribution in [3.05, 3.63) is 108 Å². The fourth-order valence-corrected chi connectivity index (χ4v) is 4.86. The van der Waals surface area contributed by atoms with Gasteiger partial charge in [-0.25, -0.2) is 0 Å². The number of hydrogen-bond donors (Lipinski definition) is 1. The van der Waals surface area contributed by atoms with Crippen LogP contribution in [0.4, 0.5) is 5.69 Å². The standard InChI is InChI=1S/C27H26N4OS/c1-18-7-10-21(11-8-18)31-26(25(29-27(31)33)23-6-4-5-17-28-23)24-16-9-19(2)30(24)20-12-14-22(32-3)15-13-20/h4-17,25-26H,1-3H3,(H,29,33)/t25-,26-/m0/s1. The van der Waals surface area contributed by atoms with Gasteiger partial charge in [-0.3, -0.25) is 4.98 Å². The second kappa shape index (κ2) is 8.71. The zero-order chi connectivity index (χ0) is 22.9. The summed E-state index contributed by atoms with van der Waals surface area (Å²) in [5.41, 5.74) is 6.60. The van der Waals surface area contributed by atoms with Crippen LogP contribution < -0.4 is 15.0 Å². The molecule has 2 aromatic carbocycles. The van der Waals surface area contributed by atoms with Crippen LogP contribution in [0.3, 0.4) is 0 Å². The van der Waals surface area contributed by atoms with E-state index in [-0.39, 0.29) is 12.1 Å². The fourth-order valence-electron chi connectivity index (χ4n) is 4.51. The Balaban J connectivity index is 1.67. The van der Waals surface area contributed by atoms with Crippen molar-refractivity contribution < 1.29 is 4.74 Å². The van der Waals surface area contributed by atoms with Crippen LogP contribution in [0.25, 0.3) is 5.69 Å². The third-order valence-corrected chi connectivity index (χ3v) is 6.46. The van der Waals surface area contributed by atoms with Crippen molar-refractivity contribution in [3.8, 4) is 11.4 Å². The summed E-state index contributed by atoms with van der Waals surface area (Å²) < 4.78 is 7.66. The Bertz CT molecular complexity index is 1270. The lowest BCUT2D eigenvalue weighted by Gasteiger charge is -2.29. The molecule has 5 rings (SSSR count). The van der Waals surface area contributed by atoms with Gasteiger partial charge in [-0.1, -0.05) is 23.8 Å². The van der Waals surface area contributed by atoms with Gasteiger partial charge < -0.3 is 19.5 Å². The maximum absolute atomic E-state index is 5.87.